The van der Waals surface area contributed by atoms with E-state index in [-0.39, 0.29) is 23.7 Å². The number of benzene rings is 1. The summed E-state index contributed by atoms with van der Waals surface area (Å²) in [7, 11) is 2.15. The standard InChI is InChI=1S/C22H34N4O2/c1-4-10-26(11-5-2)22(28)20-16-19(20)21(27)23-17-6-8-18(9-7-17)25-14-12-24(3)13-15-25/h6-9,19-20H,4-5,10-16H2,1-3H3,(H,23,27). The number of nitrogens with one attached hydrogen (secondary N) is 1. The molecule has 2 unspecified atom stereocenters. The lowest BCUT2D eigenvalue weighted by Gasteiger charge is -2.34. The molecule has 1 aromatic carbocycles. The second kappa shape index (κ2) is 9.41. The number of carbonyl (C=O) groups excluding carboxylic acids is 2. The number of anilines is 2. The van der Waals surface area contributed by atoms with E-state index in [0.29, 0.717) is 6.42 Å². The molecule has 1 heterocycles. The van der Waals surface area contributed by atoms with Gasteiger partial charge in [-0.05, 0) is 50.6 Å². The largest absolute Gasteiger partial charge is 0.369 e. The number of rotatable bonds is 8. The summed E-state index contributed by atoms with van der Waals surface area (Å²) < 4.78 is 0. The lowest BCUT2D eigenvalue weighted by atomic mass is 10.2. The number of hydrogen-bond acceptors (Lipinski definition) is 4. The molecule has 3 rings (SSSR count). The van der Waals surface area contributed by atoms with Crippen molar-refractivity contribution in [2.24, 2.45) is 11.8 Å². The highest BCUT2D eigenvalue weighted by molar-refractivity contribution is 5.99. The summed E-state index contributed by atoms with van der Waals surface area (Å²) in [5, 5.41) is 2.99. The second-order valence-electron chi connectivity index (χ2n) is 8.10. The normalized spacial score (nSPS) is 22.0. The monoisotopic (exact) mass is 386 g/mol. The van der Waals surface area contributed by atoms with Crippen LogP contribution in [0, 0.1) is 11.8 Å². The van der Waals surface area contributed by atoms with Crippen molar-refractivity contribution < 1.29 is 9.59 Å². The maximum Gasteiger partial charge on any atom is 0.228 e. The lowest BCUT2D eigenvalue weighted by Crippen LogP contribution is -2.44. The van der Waals surface area contributed by atoms with Crippen LogP contribution in [0.15, 0.2) is 24.3 Å². The van der Waals surface area contributed by atoms with Crippen molar-refractivity contribution >= 4 is 23.2 Å². The smallest absolute Gasteiger partial charge is 0.228 e. The highest BCUT2D eigenvalue weighted by Crippen LogP contribution is 2.41. The number of nitrogens with zero attached hydrogens (tertiary/aromatic N) is 3. The van der Waals surface area contributed by atoms with Gasteiger partial charge in [-0.2, -0.15) is 0 Å². The Labute approximate surface area is 168 Å². The Morgan fingerprint density at radius 1 is 1.00 bits per heavy atom. The van der Waals surface area contributed by atoms with Crippen molar-refractivity contribution in [1.29, 1.82) is 0 Å². The Bertz CT molecular complexity index is 662. The number of carbonyl (C=O) groups is 2. The molecular formula is C22H34N4O2. The summed E-state index contributed by atoms with van der Waals surface area (Å²) in [6.07, 6.45) is 2.58. The molecule has 1 saturated carbocycles. The van der Waals surface area contributed by atoms with Crippen LogP contribution >= 0.6 is 0 Å². The molecule has 6 nitrogen and oxygen atoms in total. The minimum absolute atomic E-state index is 0.0290. The van der Waals surface area contributed by atoms with Gasteiger partial charge in [0.2, 0.25) is 11.8 Å². The van der Waals surface area contributed by atoms with Crippen LogP contribution in [0.3, 0.4) is 0 Å². The molecule has 0 aromatic heterocycles. The summed E-state index contributed by atoms with van der Waals surface area (Å²) in [5.74, 6) is -0.198. The third kappa shape index (κ3) is 5.04. The average molecular weight is 387 g/mol. The Balaban J connectivity index is 1.51. The summed E-state index contributed by atoms with van der Waals surface area (Å²) in [5.41, 5.74) is 2.00. The van der Waals surface area contributed by atoms with Gasteiger partial charge in [-0.1, -0.05) is 13.8 Å². The Hall–Kier alpha value is -2.08. The number of piperazine rings is 1. The van der Waals surface area contributed by atoms with Crippen LogP contribution < -0.4 is 10.2 Å². The SMILES string of the molecule is CCCN(CCC)C(=O)C1CC1C(=O)Nc1ccc(N2CCN(C)CC2)cc1. The summed E-state index contributed by atoms with van der Waals surface area (Å²) in [4.78, 5) is 31.8. The van der Waals surface area contributed by atoms with E-state index in [1.54, 1.807) is 0 Å². The van der Waals surface area contributed by atoms with E-state index in [2.05, 4.69) is 48.1 Å². The molecule has 0 radical (unpaired) electrons. The molecule has 1 N–H and O–H groups in total. The van der Waals surface area contributed by atoms with E-state index in [9.17, 15) is 9.59 Å². The number of amides is 2. The van der Waals surface area contributed by atoms with Crippen LogP contribution in [0.2, 0.25) is 0 Å². The second-order valence-corrected chi connectivity index (χ2v) is 8.10. The third-order valence-electron chi connectivity index (χ3n) is 5.75. The fourth-order valence-electron chi connectivity index (χ4n) is 3.92. The molecule has 2 fully saturated rings. The summed E-state index contributed by atoms with van der Waals surface area (Å²) in [6, 6.07) is 8.07. The predicted octanol–water partition coefficient (Wildman–Crippen LogP) is 2.66. The Morgan fingerprint density at radius 3 is 2.18 bits per heavy atom. The first kappa shape index (κ1) is 20.6. The first-order chi connectivity index (χ1) is 13.5. The van der Waals surface area contributed by atoms with Crippen molar-refractivity contribution in [3.05, 3.63) is 24.3 Å². The average Bonchev–Trinajstić information content (AvgIpc) is 3.50. The fraction of sp³-hybridized carbons (Fsp3) is 0.636. The first-order valence-corrected chi connectivity index (χ1v) is 10.7. The summed E-state index contributed by atoms with van der Waals surface area (Å²) >= 11 is 0. The lowest BCUT2D eigenvalue weighted by molar-refractivity contribution is -0.134. The minimum atomic E-state index is -0.180. The molecule has 0 bridgehead atoms. The topological polar surface area (TPSA) is 55.9 Å². The number of likely N-dealkylation sites (N-methyl/N-ethyl adjacent to an activating group) is 1. The van der Waals surface area contributed by atoms with Gasteiger partial charge in [0.25, 0.3) is 0 Å². The maximum atomic E-state index is 12.6. The van der Waals surface area contributed by atoms with Crippen LogP contribution in [0.25, 0.3) is 0 Å². The van der Waals surface area contributed by atoms with Crippen LogP contribution in [0.5, 0.6) is 0 Å². The van der Waals surface area contributed by atoms with Crippen molar-refractivity contribution in [3.8, 4) is 0 Å². The zero-order valence-corrected chi connectivity index (χ0v) is 17.5. The molecule has 2 amide bonds. The number of hydrogen-bond donors (Lipinski definition) is 1. The van der Waals surface area contributed by atoms with Gasteiger partial charge in [-0.15, -0.1) is 0 Å². The van der Waals surface area contributed by atoms with E-state index in [0.717, 1.165) is 57.8 Å². The molecule has 2 aliphatic rings. The molecule has 1 aromatic rings. The molecule has 1 saturated heterocycles. The molecular weight excluding hydrogens is 352 g/mol. The van der Waals surface area contributed by atoms with E-state index < -0.39 is 0 Å². The highest BCUT2D eigenvalue weighted by Gasteiger charge is 2.49. The van der Waals surface area contributed by atoms with Gasteiger partial charge in [-0.25, -0.2) is 0 Å². The predicted molar refractivity (Wildman–Crippen MR) is 114 cm³/mol. The zero-order valence-electron chi connectivity index (χ0n) is 17.5. The van der Waals surface area contributed by atoms with Crippen molar-refractivity contribution in [2.45, 2.75) is 33.1 Å². The highest BCUT2D eigenvalue weighted by atomic mass is 16.2. The van der Waals surface area contributed by atoms with E-state index in [1.165, 1.54) is 5.69 Å². The van der Waals surface area contributed by atoms with Crippen LogP contribution in [-0.4, -0.2) is 67.9 Å². The third-order valence-corrected chi connectivity index (χ3v) is 5.75. The van der Waals surface area contributed by atoms with E-state index in [4.69, 9.17) is 0 Å². The van der Waals surface area contributed by atoms with Gasteiger partial charge in [0.15, 0.2) is 0 Å². The van der Waals surface area contributed by atoms with Gasteiger partial charge in [0.1, 0.15) is 0 Å². The van der Waals surface area contributed by atoms with Gasteiger partial charge in [-0.3, -0.25) is 9.59 Å². The van der Waals surface area contributed by atoms with E-state index in [1.807, 2.05) is 17.0 Å². The molecule has 0 spiro atoms. The van der Waals surface area contributed by atoms with Crippen LogP contribution in [-0.2, 0) is 9.59 Å². The van der Waals surface area contributed by atoms with Gasteiger partial charge >= 0.3 is 0 Å². The molecule has 1 aliphatic heterocycles. The zero-order chi connectivity index (χ0) is 20.1. The Kier molecular flexibility index (Phi) is 6.94. The van der Waals surface area contributed by atoms with Crippen LogP contribution in [0.4, 0.5) is 11.4 Å². The molecule has 6 heteroatoms. The van der Waals surface area contributed by atoms with Gasteiger partial charge < -0.3 is 20.0 Å². The molecule has 1 aliphatic carbocycles. The molecule has 2 atom stereocenters. The van der Waals surface area contributed by atoms with Crippen LogP contribution in [0.1, 0.15) is 33.1 Å². The van der Waals surface area contributed by atoms with Crippen molar-refractivity contribution in [3.63, 3.8) is 0 Å². The van der Waals surface area contributed by atoms with Gasteiger partial charge in [0, 0.05) is 50.6 Å². The molecule has 154 valence electrons. The first-order valence-electron chi connectivity index (χ1n) is 10.7. The summed E-state index contributed by atoms with van der Waals surface area (Å²) in [6.45, 7) is 9.93. The van der Waals surface area contributed by atoms with Gasteiger partial charge in [0.05, 0.1) is 11.8 Å². The minimum Gasteiger partial charge on any atom is -0.369 e. The van der Waals surface area contributed by atoms with Crippen molar-refractivity contribution in [1.82, 2.24) is 9.80 Å². The quantitative estimate of drug-likeness (QED) is 0.746. The Morgan fingerprint density at radius 2 is 1.61 bits per heavy atom. The van der Waals surface area contributed by atoms with Crippen molar-refractivity contribution in [2.75, 3.05) is 56.5 Å². The maximum absolute atomic E-state index is 12.6. The fourth-order valence-corrected chi connectivity index (χ4v) is 3.92. The molecule has 28 heavy (non-hydrogen) atoms. The van der Waals surface area contributed by atoms with E-state index >= 15 is 0 Å².